The van der Waals surface area contributed by atoms with Gasteiger partial charge in [0.1, 0.15) is 6.04 Å². The van der Waals surface area contributed by atoms with E-state index in [0.717, 1.165) is 9.88 Å². The lowest BCUT2D eigenvalue weighted by molar-refractivity contribution is -0.142. The van der Waals surface area contributed by atoms with E-state index in [9.17, 15) is 4.79 Å². The van der Waals surface area contributed by atoms with Crippen LogP contribution in [0.5, 0.6) is 0 Å². The average molecular weight is 256 g/mol. The molecule has 0 aliphatic carbocycles. The second-order valence-electron chi connectivity index (χ2n) is 5.01. The Morgan fingerprint density at radius 1 is 1.59 bits per heavy atom. The third-order valence-electron chi connectivity index (χ3n) is 2.33. The summed E-state index contributed by atoms with van der Waals surface area (Å²) in [6.07, 6.45) is 1.86. The fourth-order valence-electron chi connectivity index (χ4n) is 1.25. The van der Waals surface area contributed by atoms with E-state index < -0.39 is 0 Å². The third kappa shape index (κ3) is 4.09. The van der Waals surface area contributed by atoms with Gasteiger partial charge < -0.3 is 4.74 Å². The summed E-state index contributed by atoms with van der Waals surface area (Å²) in [6.45, 7) is 8.85. The number of carbonyl (C=O) groups excluding carboxylic acids is 1. The smallest absolute Gasteiger partial charge is 0.322 e. The van der Waals surface area contributed by atoms with Crippen molar-refractivity contribution in [3.05, 3.63) is 16.1 Å². The molecule has 1 unspecified atom stereocenters. The molecule has 1 heterocycles. The second-order valence-corrected chi connectivity index (χ2v) is 6.12. The molecule has 0 amide bonds. The van der Waals surface area contributed by atoms with Crippen LogP contribution in [0.4, 0.5) is 0 Å². The zero-order chi connectivity index (χ0) is 13.1. The lowest BCUT2D eigenvalue weighted by atomic mass is 9.98. The summed E-state index contributed by atoms with van der Waals surface area (Å²) in [5, 5.41) is 4.22. The van der Waals surface area contributed by atoms with Gasteiger partial charge in [-0.1, -0.05) is 20.8 Å². The maximum atomic E-state index is 11.2. The van der Waals surface area contributed by atoms with Gasteiger partial charge in [-0.3, -0.25) is 10.1 Å². The molecule has 1 aromatic rings. The Morgan fingerprint density at radius 2 is 2.24 bits per heavy atom. The number of hydrogen-bond acceptors (Lipinski definition) is 5. The van der Waals surface area contributed by atoms with Crippen LogP contribution in [-0.2, 0) is 21.5 Å². The van der Waals surface area contributed by atoms with Crippen LogP contribution in [0.3, 0.4) is 0 Å². The van der Waals surface area contributed by atoms with Crippen molar-refractivity contribution in [3.63, 3.8) is 0 Å². The molecule has 0 aliphatic heterocycles. The van der Waals surface area contributed by atoms with Crippen molar-refractivity contribution < 1.29 is 9.53 Å². The number of esters is 1. The highest BCUT2D eigenvalue weighted by atomic mass is 32.1. The number of rotatable bonds is 4. The van der Waals surface area contributed by atoms with E-state index in [0.29, 0.717) is 6.54 Å². The molecule has 5 heteroatoms. The van der Waals surface area contributed by atoms with E-state index in [4.69, 9.17) is 0 Å². The lowest BCUT2D eigenvalue weighted by Gasteiger charge is -2.13. The van der Waals surface area contributed by atoms with Gasteiger partial charge in [-0.2, -0.15) is 0 Å². The predicted molar refractivity (Wildman–Crippen MR) is 69.1 cm³/mol. The van der Waals surface area contributed by atoms with Gasteiger partial charge in [0.2, 0.25) is 0 Å². The first kappa shape index (κ1) is 14.1. The molecule has 0 bridgehead atoms. The molecule has 0 saturated carbocycles. The van der Waals surface area contributed by atoms with E-state index in [1.165, 1.54) is 7.11 Å². The molecule has 96 valence electrons. The highest BCUT2D eigenvalue weighted by Crippen LogP contribution is 2.26. The minimum absolute atomic E-state index is 0.0802. The highest BCUT2D eigenvalue weighted by molar-refractivity contribution is 7.11. The Balaban J connectivity index is 2.53. The Labute approximate surface area is 106 Å². The van der Waals surface area contributed by atoms with E-state index in [-0.39, 0.29) is 17.4 Å². The Morgan fingerprint density at radius 3 is 2.71 bits per heavy atom. The summed E-state index contributed by atoms with van der Waals surface area (Å²) >= 11 is 1.68. The average Bonchev–Trinajstić information content (AvgIpc) is 2.72. The second kappa shape index (κ2) is 5.60. The van der Waals surface area contributed by atoms with Crippen molar-refractivity contribution in [2.75, 3.05) is 7.11 Å². The summed E-state index contributed by atoms with van der Waals surface area (Å²) in [6, 6.07) is -0.291. The number of methoxy groups -OCH3 is 1. The van der Waals surface area contributed by atoms with Crippen molar-refractivity contribution in [1.29, 1.82) is 0 Å². The molecule has 0 fully saturated rings. The van der Waals surface area contributed by atoms with Gasteiger partial charge in [-0.05, 0) is 6.92 Å². The fraction of sp³-hybridized carbons (Fsp3) is 0.667. The molecular weight excluding hydrogens is 236 g/mol. The van der Waals surface area contributed by atoms with Gasteiger partial charge in [0.15, 0.2) is 0 Å². The first-order valence-electron chi connectivity index (χ1n) is 5.61. The molecule has 1 aromatic heterocycles. The molecular formula is C12H20N2O2S. The zero-order valence-electron chi connectivity index (χ0n) is 11.0. The van der Waals surface area contributed by atoms with Gasteiger partial charge in [-0.15, -0.1) is 11.3 Å². The first-order valence-corrected chi connectivity index (χ1v) is 6.42. The molecule has 1 atom stereocenters. The number of nitrogens with zero attached hydrogens (tertiary/aromatic N) is 1. The number of ether oxygens (including phenoxy) is 1. The van der Waals surface area contributed by atoms with E-state index in [1.54, 1.807) is 18.3 Å². The van der Waals surface area contributed by atoms with Crippen LogP contribution in [0.2, 0.25) is 0 Å². The first-order chi connectivity index (χ1) is 7.84. The van der Waals surface area contributed by atoms with Gasteiger partial charge in [0, 0.05) is 23.0 Å². The Kier molecular flexibility index (Phi) is 4.65. The van der Waals surface area contributed by atoms with Crippen LogP contribution >= 0.6 is 11.3 Å². The largest absolute Gasteiger partial charge is 0.468 e. The molecule has 4 nitrogen and oxygen atoms in total. The normalized spacial score (nSPS) is 13.5. The van der Waals surface area contributed by atoms with Crippen LogP contribution in [0, 0.1) is 0 Å². The SMILES string of the molecule is COC(=O)C(C)NCc1cnc(C(C)(C)C)s1. The molecule has 1 rings (SSSR count). The van der Waals surface area contributed by atoms with Crippen molar-refractivity contribution >= 4 is 17.3 Å². The van der Waals surface area contributed by atoms with Crippen molar-refractivity contribution in [1.82, 2.24) is 10.3 Å². The van der Waals surface area contributed by atoms with Crippen LogP contribution in [-0.4, -0.2) is 24.1 Å². The van der Waals surface area contributed by atoms with Gasteiger partial charge in [0.05, 0.1) is 12.1 Å². The Bertz CT molecular complexity index is 382. The molecule has 17 heavy (non-hydrogen) atoms. The van der Waals surface area contributed by atoms with Crippen LogP contribution in [0.1, 0.15) is 37.6 Å². The quantitative estimate of drug-likeness (QED) is 0.838. The maximum absolute atomic E-state index is 11.2. The molecule has 0 spiro atoms. The third-order valence-corrected chi connectivity index (χ3v) is 3.76. The van der Waals surface area contributed by atoms with Crippen molar-refractivity contribution in [3.8, 4) is 0 Å². The van der Waals surface area contributed by atoms with Gasteiger partial charge in [0.25, 0.3) is 0 Å². The van der Waals surface area contributed by atoms with E-state index in [2.05, 4.69) is 35.8 Å². The molecule has 0 aromatic carbocycles. The van der Waals surface area contributed by atoms with Crippen LogP contribution in [0.25, 0.3) is 0 Å². The van der Waals surface area contributed by atoms with Crippen LogP contribution in [0.15, 0.2) is 6.20 Å². The van der Waals surface area contributed by atoms with Gasteiger partial charge in [-0.25, -0.2) is 4.98 Å². The topological polar surface area (TPSA) is 51.2 Å². The number of thiazole rings is 1. The van der Waals surface area contributed by atoms with Crippen molar-refractivity contribution in [2.45, 2.75) is 45.7 Å². The fourth-order valence-corrected chi connectivity index (χ4v) is 2.17. The van der Waals surface area contributed by atoms with Crippen molar-refractivity contribution in [2.24, 2.45) is 0 Å². The predicted octanol–water partition coefficient (Wildman–Crippen LogP) is 2.09. The minimum Gasteiger partial charge on any atom is -0.468 e. The summed E-state index contributed by atoms with van der Waals surface area (Å²) in [5.74, 6) is -0.245. The summed E-state index contributed by atoms with van der Waals surface area (Å²) in [7, 11) is 1.39. The highest BCUT2D eigenvalue weighted by Gasteiger charge is 2.18. The van der Waals surface area contributed by atoms with Gasteiger partial charge >= 0.3 is 5.97 Å². The van der Waals surface area contributed by atoms with E-state index in [1.807, 2.05) is 6.20 Å². The Hall–Kier alpha value is -0.940. The number of hydrogen-bond donors (Lipinski definition) is 1. The number of nitrogens with one attached hydrogen (secondary N) is 1. The summed E-state index contributed by atoms with van der Waals surface area (Å²) in [4.78, 5) is 16.7. The molecule has 0 aliphatic rings. The lowest BCUT2D eigenvalue weighted by Crippen LogP contribution is -2.34. The monoisotopic (exact) mass is 256 g/mol. The molecule has 0 radical (unpaired) electrons. The summed E-state index contributed by atoms with van der Waals surface area (Å²) < 4.78 is 4.65. The molecule has 0 saturated heterocycles. The van der Waals surface area contributed by atoms with E-state index >= 15 is 0 Å². The standard InChI is InChI=1S/C12H20N2O2S/c1-8(10(15)16-5)13-6-9-7-14-11(17-9)12(2,3)4/h7-8,13H,6H2,1-5H3. The summed E-state index contributed by atoms with van der Waals surface area (Å²) in [5.41, 5.74) is 0.0802. The molecule has 1 N–H and O–H groups in total. The minimum atomic E-state index is -0.291. The number of aromatic nitrogens is 1. The van der Waals surface area contributed by atoms with Crippen LogP contribution < -0.4 is 5.32 Å². The zero-order valence-corrected chi connectivity index (χ0v) is 11.9. The maximum Gasteiger partial charge on any atom is 0.322 e. The number of carbonyl (C=O) groups is 1.